The molecule has 0 radical (unpaired) electrons. The minimum Gasteiger partial charge on any atom is -0.306 e. The van der Waals surface area contributed by atoms with E-state index in [1.54, 1.807) is 0 Å². The molecule has 3 aromatic heterocycles. The molecule has 4 nitrogen and oxygen atoms in total. The number of aromatic nitrogens is 4. The Hall–Kier alpha value is -6.65. The van der Waals surface area contributed by atoms with E-state index in [4.69, 9.17) is 15.0 Å². The predicted octanol–water partition coefficient (Wildman–Crippen LogP) is 12.3. The number of rotatable bonds is 5. The third kappa shape index (κ3) is 4.87. The van der Waals surface area contributed by atoms with Gasteiger partial charge in [0.15, 0.2) is 5.82 Å². The van der Waals surface area contributed by atoms with Gasteiger partial charge in [0.2, 0.25) is 0 Å². The van der Waals surface area contributed by atoms with E-state index in [2.05, 4.69) is 175 Å². The van der Waals surface area contributed by atoms with Gasteiger partial charge in [0.25, 0.3) is 0 Å². The van der Waals surface area contributed by atoms with E-state index in [0.717, 1.165) is 84.4 Å². The molecule has 6 aromatic carbocycles. The van der Waals surface area contributed by atoms with Gasteiger partial charge in [0, 0.05) is 38.2 Å². The van der Waals surface area contributed by atoms with Gasteiger partial charge < -0.3 is 4.57 Å². The lowest BCUT2D eigenvalue weighted by Crippen LogP contribution is -2.05. The van der Waals surface area contributed by atoms with Crippen LogP contribution < -0.4 is 0 Å². The molecule has 0 amide bonds. The van der Waals surface area contributed by atoms with Gasteiger partial charge in [-0.2, -0.15) is 0 Å². The van der Waals surface area contributed by atoms with E-state index in [1.165, 1.54) is 16.3 Å². The highest BCUT2D eigenvalue weighted by molar-refractivity contribution is 6.24. The standard InChI is InChI=1S/C48H34N4/c1-31-16-8-9-21-34(31)42-30-41(32-17-4-2-5-18-32)50-48(51-42)37-28-29-44(36-23-11-10-22-35(36)37)52-43-27-15-13-25-39(43)45-38-24-12-14-26-40(38)49-46(47(45)52)33-19-6-3-7-20-33/h2-15,17-31H,16H2,1H3. The van der Waals surface area contributed by atoms with Gasteiger partial charge in [0.1, 0.15) is 0 Å². The Kier molecular flexibility index (Phi) is 7.14. The minimum atomic E-state index is 0.370. The van der Waals surface area contributed by atoms with Crippen LogP contribution in [-0.2, 0) is 0 Å². The summed E-state index contributed by atoms with van der Waals surface area (Å²) in [6.45, 7) is 2.27. The fourth-order valence-corrected chi connectivity index (χ4v) is 7.97. The molecule has 1 atom stereocenters. The maximum atomic E-state index is 5.35. The van der Waals surface area contributed by atoms with Gasteiger partial charge >= 0.3 is 0 Å². The Bertz CT molecular complexity index is 2880. The first-order chi connectivity index (χ1) is 25.7. The Morgan fingerprint density at radius 1 is 0.577 bits per heavy atom. The summed E-state index contributed by atoms with van der Waals surface area (Å²) in [5, 5.41) is 5.78. The summed E-state index contributed by atoms with van der Waals surface area (Å²) in [4.78, 5) is 15.9. The van der Waals surface area contributed by atoms with E-state index < -0.39 is 0 Å². The van der Waals surface area contributed by atoms with Crippen LogP contribution in [-0.4, -0.2) is 19.5 Å². The van der Waals surface area contributed by atoms with Crippen molar-refractivity contribution in [3.8, 4) is 39.6 Å². The maximum absolute atomic E-state index is 5.35. The van der Waals surface area contributed by atoms with Crippen LogP contribution in [0.3, 0.4) is 0 Å². The Morgan fingerprint density at radius 2 is 1.23 bits per heavy atom. The molecule has 9 aromatic rings. The second-order valence-corrected chi connectivity index (χ2v) is 13.6. The van der Waals surface area contributed by atoms with E-state index in [-0.39, 0.29) is 0 Å². The number of benzene rings is 6. The molecule has 10 rings (SSSR count). The highest BCUT2D eigenvalue weighted by Gasteiger charge is 2.23. The first-order valence-electron chi connectivity index (χ1n) is 17.9. The zero-order valence-corrected chi connectivity index (χ0v) is 28.7. The molecular formula is C48H34N4. The zero-order chi connectivity index (χ0) is 34.6. The van der Waals surface area contributed by atoms with Crippen LogP contribution in [0, 0.1) is 5.92 Å². The largest absolute Gasteiger partial charge is 0.306 e. The highest BCUT2D eigenvalue weighted by atomic mass is 15.0. The maximum Gasteiger partial charge on any atom is 0.161 e. The molecule has 0 N–H and O–H groups in total. The quantitative estimate of drug-likeness (QED) is 0.184. The first-order valence-corrected chi connectivity index (χ1v) is 17.9. The molecule has 0 aliphatic heterocycles. The van der Waals surface area contributed by atoms with E-state index in [1.807, 2.05) is 6.07 Å². The number of nitrogens with zero attached hydrogens (tertiary/aromatic N) is 4. The molecule has 0 fully saturated rings. The van der Waals surface area contributed by atoms with Gasteiger partial charge in [-0.15, -0.1) is 0 Å². The highest BCUT2D eigenvalue weighted by Crippen LogP contribution is 2.43. The molecule has 52 heavy (non-hydrogen) atoms. The van der Waals surface area contributed by atoms with Gasteiger partial charge in [-0.3, -0.25) is 0 Å². The van der Waals surface area contributed by atoms with Crippen LogP contribution in [0.5, 0.6) is 0 Å². The van der Waals surface area contributed by atoms with Gasteiger partial charge in [-0.05, 0) is 53.6 Å². The molecule has 0 saturated carbocycles. The molecule has 0 saturated heterocycles. The molecule has 3 heterocycles. The molecule has 0 spiro atoms. The smallest absolute Gasteiger partial charge is 0.161 e. The summed E-state index contributed by atoms with van der Waals surface area (Å²) in [6, 6.07) is 53.5. The normalized spacial score (nSPS) is 14.4. The molecular weight excluding hydrogens is 633 g/mol. The summed E-state index contributed by atoms with van der Waals surface area (Å²) >= 11 is 0. The van der Waals surface area contributed by atoms with Crippen molar-refractivity contribution in [1.29, 1.82) is 0 Å². The Labute approximate surface area is 302 Å². The summed E-state index contributed by atoms with van der Waals surface area (Å²) in [6.07, 6.45) is 7.59. The number of hydrogen-bond donors (Lipinski definition) is 0. The van der Waals surface area contributed by atoms with Crippen LogP contribution in [0.4, 0.5) is 0 Å². The monoisotopic (exact) mass is 666 g/mol. The minimum absolute atomic E-state index is 0.370. The van der Waals surface area contributed by atoms with Crippen molar-refractivity contribution in [2.75, 3.05) is 0 Å². The lowest BCUT2D eigenvalue weighted by atomic mass is 9.90. The van der Waals surface area contributed by atoms with Crippen LogP contribution in [0.15, 0.2) is 170 Å². The summed E-state index contributed by atoms with van der Waals surface area (Å²) in [5.74, 6) is 1.09. The molecule has 4 heteroatoms. The van der Waals surface area contributed by atoms with Crippen LogP contribution >= 0.6 is 0 Å². The fourth-order valence-electron chi connectivity index (χ4n) is 7.97. The van der Waals surface area contributed by atoms with E-state index in [9.17, 15) is 0 Å². The van der Waals surface area contributed by atoms with E-state index >= 15 is 0 Å². The van der Waals surface area contributed by atoms with Gasteiger partial charge in [-0.25, -0.2) is 15.0 Å². The van der Waals surface area contributed by atoms with Crippen molar-refractivity contribution in [3.63, 3.8) is 0 Å². The number of fused-ring (bicyclic) bond motifs is 6. The van der Waals surface area contributed by atoms with Gasteiger partial charge in [-0.1, -0.05) is 146 Å². The topological polar surface area (TPSA) is 43.6 Å². The van der Waals surface area contributed by atoms with Crippen LogP contribution in [0.2, 0.25) is 0 Å². The van der Waals surface area contributed by atoms with Crippen molar-refractivity contribution in [1.82, 2.24) is 19.5 Å². The van der Waals surface area contributed by atoms with Crippen molar-refractivity contribution < 1.29 is 0 Å². The molecule has 1 aliphatic carbocycles. The molecule has 1 aliphatic rings. The average Bonchev–Trinajstić information content (AvgIpc) is 3.56. The Balaban J connectivity index is 1.27. The van der Waals surface area contributed by atoms with Crippen LogP contribution in [0.1, 0.15) is 19.0 Å². The average molecular weight is 667 g/mol. The van der Waals surface area contributed by atoms with Crippen molar-refractivity contribution in [2.24, 2.45) is 5.92 Å². The fraction of sp³-hybridized carbons (Fsp3) is 0.0625. The van der Waals surface area contributed by atoms with Crippen molar-refractivity contribution >= 4 is 49.1 Å². The first kappa shape index (κ1) is 30.2. The van der Waals surface area contributed by atoms with Crippen LogP contribution in [0.25, 0.3) is 88.6 Å². The van der Waals surface area contributed by atoms with Crippen molar-refractivity contribution in [2.45, 2.75) is 13.3 Å². The Morgan fingerprint density at radius 3 is 2.02 bits per heavy atom. The summed E-state index contributed by atoms with van der Waals surface area (Å²) in [5.41, 5.74) is 11.6. The van der Waals surface area contributed by atoms with Crippen molar-refractivity contribution in [3.05, 3.63) is 176 Å². The predicted molar refractivity (Wildman–Crippen MR) is 216 cm³/mol. The number of hydrogen-bond acceptors (Lipinski definition) is 3. The number of para-hydroxylation sites is 2. The lowest BCUT2D eigenvalue weighted by Gasteiger charge is -2.19. The third-order valence-electron chi connectivity index (χ3n) is 10.5. The second-order valence-electron chi connectivity index (χ2n) is 13.6. The number of pyridine rings is 1. The van der Waals surface area contributed by atoms with E-state index in [0.29, 0.717) is 5.92 Å². The zero-order valence-electron chi connectivity index (χ0n) is 28.7. The van der Waals surface area contributed by atoms with Gasteiger partial charge in [0.05, 0.1) is 39.3 Å². The molecule has 0 bridgehead atoms. The third-order valence-corrected chi connectivity index (χ3v) is 10.5. The summed E-state index contributed by atoms with van der Waals surface area (Å²) in [7, 11) is 0. The second kappa shape index (κ2) is 12.3. The number of allylic oxidation sites excluding steroid dienone is 4. The molecule has 246 valence electrons. The molecule has 1 unspecified atom stereocenters. The summed E-state index contributed by atoms with van der Waals surface area (Å²) < 4.78 is 2.42. The lowest BCUT2D eigenvalue weighted by molar-refractivity contribution is 0.754. The SMILES string of the molecule is CC1CC=CC=C1c1cc(-c2ccccc2)nc(-c2ccc(-n3c4ccccc4c4c5ccccc5nc(-c5ccccc5)c43)c3ccccc23)n1.